The van der Waals surface area contributed by atoms with Gasteiger partial charge in [-0.05, 0) is 0 Å². The molecule has 3 N–H and O–H groups in total. The molecular formula is C19H23AsN2O4. The summed E-state index contributed by atoms with van der Waals surface area (Å²) in [5, 5.41) is 9.14. The van der Waals surface area contributed by atoms with E-state index in [0.29, 0.717) is 17.1 Å². The van der Waals surface area contributed by atoms with Crippen LogP contribution in [0.15, 0.2) is 48.5 Å². The van der Waals surface area contributed by atoms with Gasteiger partial charge in [-0.1, -0.05) is 0 Å². The van der Waals surface area contributed by atoms with E-state index in [4.69, 9.17) is 15.6 Å². The van der Waals surface area contributed by atoms with Crippen molar-refractivity contribution in [2.75, 3.05) is 4.90 Å². The molecule has 26 heavy (non-hydrogen) atoms. The number of aliphatic carboxylic acids is 1. The van der Waals surface area contributed by atoms with Crippen LogP contribution in [-0.4, -0.2) is 37.4 Å². The minimum atomic E-state index is -1.35. The molecule has 2 amide bonds. The summed E-state index contributed by atoms with van der Waals surface area (Å²) in [5.74, 6) is -0.665. The maximum atomic E-state index is 12.0. The standard InChI is InChI=1S/C19H23AsN2O4/c1-19(2,17(23)24)26-16-11-9-15(10-12-16)22(18(21)25)14-7-5-13(6-8-14)20(3)4/h5-12H,1-4H3,(H2,21,25)(H,23,24). The van der Waals surface area contributed by atoms with Crippen molar-refractivity contribution in [3.05, 3.63) is 48.5 Å². The van der Waals surface area contributed by atoms with Crippen LogP contribution in [-0.2, 0) is 4.79 Å². The summed E-state index contributed by atoms with van der Waals surface area (Å²) >= 11 is -0.980. The molecule has 0 heterocycles. The monoisotopic (exact) mass is 418 g/mol. The first-order valence-corrected chi connectivity index (χ1v) is 12.7. The van der Waals surface area contributed by atoms with Gasteiger partial charge in [-0.25, -0.2) is 4.79 Å². The van der Waals surface area contributed by atoms with Crippen LogP contribution >= 0.6 is 0 Å². The molecule has 7 heteroatoms. The van der Waals surface area contributed by atoms with E-state index in [9.17, 15) is 9.59 Å². The van der Waals surface area contributed by atoms with Crippen molar-refractivity contribution in [3.8, 4) is 5.75 Å². The van der Waals surface area contributed by atoms with Crippen LogP contribution in [0, 0.1) is 0 Å². The quantitative estimate of drug-likeness (QED) is 0.705. The molecule has 0 aliphatic heterocycles. The molecule has 0 aliphatic carbocycles. The van der Waals surface area contributed by atoms with Crippen LogP contribution in [0.1, 0.15) is 13.8 Å². The van der Waals surface area contributed by atoms with Crippen molar-refractivity contribution < 1.29 is 19.4 Å². The first-order valence-electron chi connectivity index (χ1n) is 8.01. The number of ether oxygens (including phenoxy) is 1. The zero-order chi connectivity index (χ0) is 19.5. The third kappa shape index (κ3) is 4.58. The number of nitrogens with two attached hydrogens (primary N) is 1. The molecule has 0 unspecified atom stereocenters. The Balaban J connectivity index is 2.28. The fourth-order valence-electron chi connectivity index (χ4n) is 2.30. The molecule has 0 aromatic heterocycles. The van der Waals surface area contributed by atoms with E-state index >= 15 is 0 Å². The number of rotatable bonds is 6. The van der Waals surface area contributed by atoms with Gasteiger partial charge in [0.2, 0.25) is 0 Å². The molecule has 2 aromatic carbocycles. The van der Waals surface area contributed by atoms with Gasteiger partial charge in [-0.3, -0.25) is 0 Å². The number of anilines is 2. The number of urea groups is 1. The number of carboxylic acids is 1. The molecule has 0 fully saturated rings. The number of carbonyl (C=O) groups is 2. The summed E-state index contributed by atoms with van der Waals surface area (Å²) in [6, 6.07) is 13.8. The average Bonchev–Trinajstić information content (AvgIpc) is 2.56. The van der Waals surface area contributed by atoms with E-state index in [1.165, 1.54) is 23.1 Å². The van der Waals surface area contributed by atoms with Crippen molar-refractivity contribution in [1.29, 1.82) is 0 Å². The Morgan fingerprint density at radius 2 is 1.46 bits per heavy atom. The number of carbonyl (C=O) groups excluding carboxylic acids is 1. The molecule has 2 rings (SSSR count). The number of carboxylic acid groups (broad SMARTS) is 1. The van der Waals surface area contributed by atoms with Crippen LogP contribution in [0.5, 0.6) is 5.75 Å². The predicted molar refractivity (Wildman–Crippen MR) is 104 cm³/mol. The Hall–Kier alpha value is -2.46. The summed E-state index contributed by atoms with van der Waals surface area (Å²) in [4.78, 5) is 24.5. The van der Waals surface area contributed by atoms with Crippen molar-refractivity contribution >= 4 is 42.4 Å². The van der Waals surface area contributed by atoms with Crippen molar-refractivity contribution in [3.63, 3.8) is 0 Å². The first-order chi connectivity index (χ1) is 12.1. The van der Waals surface area contributed by atoms with Gasteiger partial charge in [0.05, 0.1) is 0 Å². The summed E-state index contributed by atoms with van der Waals surface area (Å²) in [7, 11) is 0. The summed E-state index contributed by atoms with van der Waals surface area (Å²) < 4.78 is 6.79. The zero-order valence-corrected chi connectivity index (χ0v) is 17.1. The fourth-order valence-corrected chi connectivity index (χ4v) is 3.87. The Morgan fingerprint density at radius 1 is 1.00 bits per heavy atom. The van der Waals surface area contributed by atoms with Gasteiger partial charge >= 0.3 is 148 Å². The fraction of sp³-hybridized carbons (Fsp3) is 0.263. The SMILES string of the molecule is C[As](C)c1ccc(N(C(N)=O)c2ccc(OC(C)(C)C(=O)O)cc2)cc1. The second kappa shape index (κ2) is 7.83. The number of hydrogen-bond donors (Lipinski definition) is 2. The molecule has 138 valence electrons. The molecule has 2 aromatic rings. The summed E-state index contributed by atoms with van der Waals surface area (Å²) in [6.45, 7) is 2.94. The second-order valence-corrected chi connectivity index (χ2v) is 11.3. The van der Waals surface area contributed by atoms with Crippen LogP contribution in [0.3, 0.4) is 0 Å². The van der Waals surface area contributed by atoms with Crippen molar-refractivity contribution in [1.82, 2.24) is 0 Å². The molecule has 0 atom stereocenters. The molecular weight excluding hydrogens is 395 g/mol. The van der Waals surface area contributed by atoms with Gasteiger partial charge < -0.3 is 5.11 Å². The summed E-state index contributed by atoms with van der Waals surface area (Å²) in [6.07, 6.45) is 0. The third-order valence-corrected chi connectivity index (χ3v) is 6.62. The Kier molecular flexibility index (Phi) is 5.98. The van der Waals surface area contributed by atoms with Crippen LogP contribution in [0.2, 0.25) is 11.4 Å². The van der Waals surface area contributed by atoms with Gasteiger partial charge in [0.25, 0.3) is 0 Å². The van der Waals surface area contributed by atoms with E-state index in [-0.39, 0.29) is 0 Å². The molecule has 0 aliphatic rings. The molecule has 0 radical (unpaired) electrons. The van der Waals surface area contributed by atoms with Crippen LogP contribution < -0.4 is 19.7 Å². The molecule has 0 saturated carbocycles. The molecule has 0 saturated heterocycles. The number of hydrogen-bond acceptors (Lipinski definition) is 3. The van der Waals surface area contributed by atoms with Gasteiger partial charge in [0.15, 0.2) is 0 Å². The zero-order valence-electron chi connectivity index (χ0n) is 15.3. The number of benzene rings is 2. The molecule has 6 nitrogen and oxygen atoms in total. The predicted octanol–water partition coefficient (Wildman–Crippen LogP) is 3.11. The number of nitrogens with zero attached hydrogens (tertiary/aromatic N) is 1. The van der Waals surface area contributed by atoms with Gasteiger partial charge in [-0.15, -0.1) is 0 Å². The maximum absolute atomic E-state index is 12.0. The van der Waals surface area contributed by atoms with Crippen molar-refractivity contribution in [2.45, 2.75) is 30.9 Å². The Bertz CT molecular complexity index is 786. The van der Waals surface area contributed by atoms with Crippen LogP contribution in [0.4, 0.5) is 16.2 Å². The third-order valence-electron chi connectivity index (χ3n) is 3.83. The summed E-state index contributed by atoms with van der Waals surface area (Å²) in [5.41, 5.74) is 9.96. The normalized spacial score (nSPS) is 11.3. The Labute approximate surface area is 157 Å². The minimum absolute atomic E-state index is 0.395. The topological polar surface area (TPSA) is 92.9 Å². The van der Waals surface area contributed by atoms with Crippen LogP contribution in [0.25, 0.3) is 0 Å². The van der Waals surface area contributed by atoms with Gasteiger partial charge in [-0.2, -0.15) is 0 Å². The average molecular weight is 418 g/mol. The second-order valence-electron chi connectivity index (χ2n) is 6.50. The van der Waals surface area contributed by atoms with E-state index < -0.39 is 32.3 Å². The van der Waals surface area contributed by atoms with Gasteiger partial charge in [0.1, 0.15) is 0 Å². The number of primary amides is 1. The van der Waals surface area contributed by atoms with E-state index in [0.717, 1.165) is 0 Å². The van der Waals surface area contributed by atoms with Gasteiger partial charge in [0, 0.05) is 0 Å². The molecule has 0 bridgehead atoms. The number of amides is 2. The first kappa shape index (κ1) is 19.9. The van der Waals surface area contributed by atoms with Crippen molar-refractivity contribution in [2.24, 2.45) is 5.73 Å². The Morgan fingerprint density at radius 3 is 1.85 bits per heavy atom. The molecule has 0 spiro atoms. The van der Waals surface area contributed by atoms with E-state index in [2.05, 4.69) is 11.4 Å². The van der Waals surface area contributed by atoms with E-state index in [1.807, 2.05) is 24.3 Å². The van der Waals surface area contributed by atoms with E-state index in [1.54, 1.807) is 24.3 Å².